The molecule has 0 atom stereocenters. The Bertz CT molecular complexity index is 609. The number of alkyl halides is 3. The molecule has 0 radical (unpaired) electrons. The van der Waals surface area contributed by atoms with Gasteiger partial charge in [0, 0.05) is 19.1 Å². The van der Waals surface area contributed by atoms with E-state index in [1.165, 1.54) is 16.4 Å². The van der Waals surface area contributed by atoms with Crippen LogP contribution < -0.4 is 5.32 Å². The Balaban J connectivity index is 2.09. The van der Waals surface area contributed by atoms with Gasteiger partial charge < -0.3 is 5.32 Å². The number of nitrogens with one attached hydrogen (secondary N) is 1. The molecule has 4 nitrogen and oxygen atoms in total. The second-order valence-corrected chi connectivity index (χ2v) is 7.39. The number of hydrogen-bond donors (Lipinski definition) is 1. The number of benzene rings is 1. The Morgan fingerprint density at radius 3 is 2.45 bits per heavy atom. The van der Waals surface area contributed by atoms with Gasteiger partial charge in [-0.15, -0.1) is 0 Å². The molecule has 8 heteroatoms. The summed E-state index contributed by atoms with van der Waals surface area (Å²) >= 11 is 0. The molecule has 2 rings (SSSR count). The highest BCUT2D eigenvalue weighted by Crippen LogP contribution is 2.30. The minimum absolute atomic E-state index is 0.158. The maximum Gasteiger partial charge on any atom is 0.416 e. The van der Waals surface area contributed by atoms with Crippen LogP contribution in [0.2, 0.25) is 0 Å². The zero-order chi connectivity index (χ0) is 16.4. The van der Waals surface area contributed by atoms with Crippen LogP contribution in [0.5, 0.6) is 0 Å². The Hall–Kier alpha value is -1.12. The number of piperidine rings is 1. The van der Waals surface area contributed by atoms with Crippen molar-refractivity contribution in [1.29, 1.82) is 0 Å². The first-order valence-electron chi connectivity index (χ1n) is 7.03. The molecule has 0 amide bonds. The fourth-order valence-electron chi connectivity index (χ4n) is 2.56. The molecular formula is C14H19F3N2O2S. The Labute approximate surface area is 128 Å². The molecule has 1 saturated heterocycles. The van der Waals surface area contributed by atoms with E-state index < -0.39 is 27.5 Å². The first-order chi connectivity index (χ1) is 10.2. The van der Waals surface area contributed by atoms with E-state index in [1.54, 1.807) is 0 Å². The molecule has 1 aromatic rings. The number of halogens is 3. The van der Waals surface area contributed by atoms with E-state index in [-0.39, 0.29) is 5.56 Å². The van der Waals surface area contributed by atoms with Gasteiger partial charge in [0.1, 0.15) is 0 Å². The first-order valence-corrected chi connectivity index (χ1v) is 8.64. The van der Waals surface area contributed by atoms with Crippen LogP contribution in [0, 0.1) is 0 Å². The van der Waals surface area contributed by atoms with Crippen LogP contribution in [-0.4, -0.2) is 38.9 Å². The number of hydrogen-bond acceptors (Lipinski definition) is 3. The zero-order valence-corrected chi connectivity index (χ0v) is 13.0. The number of nitrogens with zero attached hydrogens (tertiary/aromatic N) is 1. The van der Waals surface area contributed by atoms with Gasteiger partial charge >= 0.3 is 6.18 Å². The van der Waals surface area contributed by atoms with Gasteiger partial charge in [-0.3, -0.25) is 0 Å². The van der Waals surface area contributed by atoms with Crippen molar-refractivity contribution in [3.63, 3.8) is 0 Å². The maximum atomic E-state index is 12.7. The van der Waals surface area contributed by atoms with Gasteiger partial charge in [-0.2, -0.15) is 13.2 Å². The molecule has 22 heavy (non-hydrogen) atoms. The summed E-state index contributed by atoms with van der Waals surface area (Å²) in [5.41, 5.74) is -0.667. The standard InChI is InChI=1S/C14H19F3N2O2S/c1-18-13-5-7-19(8-6-13)22(20,21)10-11-3-2-4-12(9-11)14(15,16)17/h2-4,9,13,18H,5-8,10H2,1H3. The quantitative estimate of drug-likeness (QED) is 0.917. The third-order valence-corrected chi connectivity index (χ3v) is 5.71. The SMILES string of the molecule is CNC1CCN(S(=O)(=O)Cc2cccc(C(F)(F)F)c2)CC1. The van der Waals surface area contributed by atoms with Crippen molar-refractivity contribution in [3.05, 3.63) is 35.4 Å². The average Bonchev–Trinajstić information content (AvgIpc) is 2.46. The minimum Gasteiger partial charge on any atom is -0.317 e. The fourth-order valence-corrected chi connectivity index (χ4v) is 4.11. The van der Waals surface area contributed by atoms with Crippen LogP contribution in [0.15, 0.2) is 24.3 Å². The van der Waals surface area contributed by atoms with Gasteiger partial charge in [-0.05, 0) is 31.5 Å². The monoisotopic (exact) mass is 336 g/mol. The van der Waals surface area contributed by atoms with Gasteiger partial charge in [0.25, 0.3) is 0 Å². The van der Waals surface area contributed by atoms with E-state index in [2.05, 4.69) is 5.32 Å². The van der Waals surface area contributed by atoms with Crippen molar-refractivity contribution in [2.75, 3.05) is 20.1 Å². The number of rotatable bonds is 4. The summed E-state index contributed by atoms with van der Waals surface area (Å²) in [6, 6.07) is 4.78. The molecule has 1 N–H and O–H groups in total. The third kappa shape index (κ3) is 4.21. The van der Waals surface area contributed by atoms with Crippen molar-refractivity contribution < 1.29 is 21.6 Å². The minimum atomic E-state index is -4.47. The lowest BCUT2D eigenvalue weighted by Crippen LogP contribution is -2.44. The average molecular weight is 336 g/mol. The maximum absolute atomic E-state index is 12.7. The van der Waals surface area contributed by atoms with E-state index >= 15 is 0 Å². The molecule has 124 valence electrons. The lowest BCUT2D eigenvalue weighted by molar-refractivity contribution is -0.137. The molecule has 1 aliphatic heterocycles. The molecule has 0 bridgehead atoms. The largest absolute Gasteiger partial charge is 0.416 e. The van der Waals surface area contributed by atoms with Crippen molar-refractivity contribution in [2.45, 2.75) is 30.8 Å². The van der Waals surface area contributed by atoms with E-state index in [4.69, 9.17) is 0 Å². The van der Waals surface area contributed by atoms with Gasteiger partial charge in [0.05, 0.1) is 11.3 Å². The summed E-state index contributed by atoms with van der Waals surface area (Å²) in [6.07, 6.45) is -3.05. The van der Waals surface area contributed by atoms with Crippen LogP contribution in [0.25, 0.3) is 0 Å². The molecule has 0 aromatic heterocycles. The van der Waals surface area contributed by atoms with Crippen molar-refractivity contribution >= 4 is 10.0 Å². The Kier molecular flexibility index (Phi) is 5.14. The topological polar surface area (TPSA) is 49.4 Å². The molecular weight excluding hydrogens is 317 g/mol. The third-order valence-electron chi connectivity index (χ3n) is 3.86. The lowest BCUT2D eigenvalue weighted by Gasteiger charge is -2.31. The highest BCUT2D eigenvalue weighted by atomic mass is 32.2. The van der Waals surface area contributed by atoms with Gasteiger partial charge in [-0.1, -0.05) is 18.2 Å². The van der Waals surface area contributed by atoms with Crippen LogP contribution >= 0.6 is 0 Å². The van der Waals surface area contributed by atoms with E-state index in [1.807, 2.05) is 7.05 Å². The zero-order valence-electron chi connectivity index (χ0n) is 12.2. The van der Waals surface area contributed by atoms with Gasteiger partial charge in [-0.25, -0.2) is 12.7 Å². The van der Waals surface area contributed by atoms with Crippen LogP contribution in [-0.2, 0) is 22.0 Å². The molecule has 1 heterocycles. The van der Waals surface area contributed by atoms with Crippen molar-refractivity contribution in [3.8, 4) is 0 Å². The normalized spacial score (nSPS) is 18.5. The summed E-state index contributed by atoms with van der Waals surface area (Å²) < 4.78 is 64.0. The van der Waals surface area contributed by atoms with Crippen molar-refractivity contribution in [2.24, 2.45) is 0 Å². The molecule has 1 aromatic carbocycles. The highest BCUT2D eigenvalue weighted by Gasteiger charge is 2.32. The molecule has 1 aliphatic rings. The van der Waals surface area contributed by atoms with Gasteiger partial charge in [0.2, 0.25) is 10.0 Å². The Morgan fingerprint density at radius 1 is 1.27 bits per heavy atom. The van der Waals surface area contributed by atoms with Crippen LogP contribution in [0.1, 0.15) is 24.0 Å². The number of sulfonamides is 1. The second kappa shape index (κ2) is 6.55. The van der Waals surface area contributed by atoms with E-state index in [0.717, 1.165) is 12.1 Å². The molecule has 0 aliphatic carbocycles. The summed E-state index contributed by atoms with van der Waals surface area (Å²) in [5, 5.41) is 3.10. The summed E-state index contributed by atoms with van der Waals surface area (Å²) in [7, 11) is -1.76. The predicted molar refractivity (Wildman–Crippen MR) is 77.7 cm³/mol. The lowest BCUT2D eigenvalue weighted by atomic mass is 10.1. The van der Waals surface area contributed by atoms with Crippen molar-refractivity contribution in [1.82, 2.24) is 9.62 Å². The summed E-state index contributed by atoms with van der Waals surface area (Å²) in [5.74, 6) is -0.402. The Morgan fingerprint density at radius 2 is 1.91 bits per heavy atom. The molecule has 0 saturated carbocycles. The molecule has 0 unspecified atom stereocenters. The smallest absolute Gasteiger partial charge is 0.317 e. The summed E-state index contributed by atoms with van der Waals surface area (Å²) in [4.78, 5) is 0. The molecule has 0 spiro atoms. The van der Waals surface area contributed by atoms with E-state index in [9.17, 15) is 21.6 Å². The predicted octanol–water partition coefficient (Wildman–Crippen LogP) is 2.22. The van der Waals surface area contributed by atoms with E-state index in [0.29, 0.717) is 32.0 Å². The van der Waals surface area contributed by atoms with Crippen LogP contribution in [0.4, 0.5) is 13.2 Å². The summed E-state index contributed by atoms with van der Waals surface area (Å²) in [6.45, 7) is 0.791. The van der Waals surface area contributed by atoms with Crippen LogP contribution in [0.3, 0.4) is 0 Å². The highest BCUT2D eigenvalue weighted by molar-refractivity contribution is 7.88. The second-order valence-electron chi connectivity index (χ2n) is 5.42. The molecule has 1 fully saturated rings. The first kappa shape index (κ1) is 17.2. The van der Waals surface area contributed by atoms with Gasteiger partial charge in [0.15, 0.2) is 0 Å². The fraction of sp³-hybridized carbons (Fsp3) is 0.571.